The van der Waals surface area contributed by atoms with E-state index in [1.54, 1.807) is 28.4 Å². The van der Waals surface area contributed by atoms with Gasteiger partial charge in [0, 0.05) is 28.4 Å². The molecule has 0 aliphatic heterocycles. The van der Waals surface area contributed by atoms with Crippen LogP contribution < -0.4 is 5.73 Å². The van der Waals surface area contributed by atoms with E-state index in [-0.39, 0.29) is 12.4 Å². The van der Waals surface area contributed by atoms with Gasteiger partial charge in [-0.3, -0.25) is 0 Å². The van der Waals surface area contributed by atoms with Crippen LogP contribution in [0.25, 0.3) is 0 Å². The molecule has 0 fully saturated rings. The van der Waals surface area contributed by atoms with Gasteiger partial charge in [-0.25, -0.2) is 0 Å². The summed E-state index contributed by atoms with van der Waals surface area (Å²) < 4.78 is 19.8. The average molecular weight is 428 g/mol. The van der Waals surface area contributed by atoms with Crippen LogP contribution in [-0.4, -0.2) is 54.0 Å². The van der Waals surface area contributed by atoms with Crippen LogP contribution in [0.5, 0.6) is 0 Å². The number of methoxy groups -OCH3 is 4. The third-order valence-corrected chi connectivity index (χ3v) is 4.74. The molecule has 0 aromatic rings. The SMILES string of the molecule is CCCCCCCCCCCCCCC(N)(COC)OC.COCCOC.Cl. The predicted molar refractivity (Wildman–Crippen MR) is 122 cm³/mol. The van der Waals surface area contributed by atoms with Gasteiger partial charge in [-0.05, 0) is 12.8 Å². The molecule has 0 saturated carbocycles. The minimum atomic E-state index is -0.590. The van der Waals surface area contributed by atoms with Crippen molar-refractivity contribution in [2.24, 2.45) is 5.73 Å². The van der Waals surface area contributed by atoms with E-state index in [0.29, 0.717) is 19.8 Å². The Labute approximate surface area is 181 Å². The van der Waals surface area contributed by atoms with Crippen molar-refractivity contribution in [2.45, 2.75) is 96.1 Å². The van der Waals surface area contributed by atoms with Crippen molar-refractivity contribution in [1.29, 1.82) is 0 Å². The van der Waals surface area contributed by atoms with Crippen LogP contribution in [0.2, 0.25) is 0 Å². The Morgan fingerprint density at radius 1 is 0.607 bits per heavy atom. The predicted octanol–water partition coefficient (Wildman–Crippen LogP) is 5.73. The Morgan fingerprint density at radius 2 is 1.00 bits per heavy atom. The average Bonchev–Trinajstić information content (AvgIpc) is 2.68. The molecule has 0 spiro atoms. The number of halogens is 1. The van der Waals surface area contributed by atoms with Crippen LogP contribution in [0.1, 0.15) is 90.4 Å². The fourth-order valence-electron chi connectivity index (χ4n) is 2.91. The molecule has 0 bridgehead atoms. The van der Waals surface area contributed by atoms with E-state index in [2.05, 4.69) is 16.4 Å². The molecule has 1 atom stereocenters. The summed E-state index contributed by atoms with van der Waals surface area (Å²) in [7, 11) is 6.64. The maximum absolute atomic E-state index is 6.09. The molecule has 0 radical (unpaired) electrons. The van der Waals surface area contributed by atoms with Crippen molar-refractivity contribution in [2.75, 3.05) is 48.3 Å². The summed E-state index contributed by atoms with van der Waals surface area (Å²) in [6, 6.07) is 0. The fraction of sp³-hybridized carbons (Fsp3) is 1.00. The normalized spacial score (nSPS) is 12.6. The van der Waals surface area contributed by atoms with Gasteiger partial charge < -0.3 is 24.7 Å². The first-order valence-electron chi connectivity index (χ1n) is 10.9. The highest BCUT2D eigenvalue weighted by Crippen LogP contribution is 2.16. The Bertz CT molecular complexity index is 269. The van der Waals surface area contributed by atoms with E-state index in [0.717, 1.165) is 12.8 Å². The second kappa shape index (κ2) is 27.1. The van der Waals surface area contributed by atoms with Crippen molar-refractivity contribution in [1.82, 2.24) is 0 Å². The lowest BCUT2D eigenvalue weighted by molar-refractivity contribution is -0.0664. The molecule has 1 unspecified atom stereocenters. The third kappa shape index (κ3) is 26.1. The highest BCUT2D eigenvalue weighted by Gasteiger charge is 2.23. The zero-order chi connectivity index (χ0) is 20.6. The zero-order valence-electron chi connectivity index (χ0n) is 19.4. The molecule has 0 saturated heterocycles. The lowest BCUT2D eigenvalue weighted by atomic mass is 10.0. The maximum atomic E-state index is 6.09. The van der Waals surface area contributed by atoms with Crippen LogP contribution in [-0.2, 0) is 18.9 Å². The van der Waals surface area contributed by atoms with Crippen molar-refractivity contribution < 1.29 is 18.9 Å². The molecule has 0 heterocycles. The first-order chi connectivity index (χ1) is 13.1. The highest BCUT2D eigenvalue weighted by molar-refractivity contribution is 5.85. The second-order valence-electron chi connectivity index (χ2n) is 7.33. The van der Waals surface area contributed by atoms with E-state index in [9.17, 15) is 0 Å². The third-order valence-electron chi connectivity index (χ3n) is 4.74. The minimum Gasteiger partial charge on any atom is -0.382 e. The summed E-state index contributed by atoms with van der Waals surface area (Å²) in [6.07, 6.45) is 17.2. The molecule has 5 nitrogen and oxygen atoms in total. The zero-order valence-corrected chi connectivity index (χ0v) is 20.2. The lowest BCUT2D eigenvalue weighted by Gasteiger charge is -2.26. The van der Waals surface area contributed by atoms with Crippen LogP contribution in [0.4, 0.5) is 0 Å². The molecule has 6 heteroatoms. The van der Waals surface area contributed by atoms with E-state index in [1.807, 2.05) is 0 Å². The Balaban J connectivity index is -0.000000771. The van der Waals surface area contributed by atoms with Gasteiger partial charge in [0.1, 0.15) is 5.72 Å². The van der Waals surface area contributed by atoms with E-state index in [1.165, 1.54) is 70.6 Å². The van der Waals surface area contributed by atoms with E-state index < -0.39 is 5.72 Å². The van der Waals surface area contributed by atoms with Gasteiger partial charge in [-0.1, -0.05) is 77.6 Å². The number of rotatable bonds is 19. The molecule has 0 aliphatic rings. The van der Waals surface area contributed by atoms with E-state index >= 15 is 0 Å². The topological polar surface area (TPSA) is 62.9 Å². The van der Waals surface area contributed by atoms with Crippen LogP contribution in [0.15, 0.2) is 0 Å². The summed E-state index contributed by atoms with van der Waals surface area (Å²) in [5.41, 5.74) is 5.50. The maximum Gasteiger partial charge on any atom is 0.139 e. The van der Waals surface area contributed by atoms with Crippen molar-refractivity contribution in [3.05, 3.63) is 0 Å². The number of ether oxygens (including phenoxy) is 4. The van der Waals surface area contributed by atoms with Gasteiger partial charge in [-0.15, -0.1) is 12.4 Å². The summed E-state index contributed by atoms with van der Waals surface area (Å²) in [5.74, 6) is 0. The van der Waals surface area contributed by atoms with Crippen molar-refractivity contribution in [3.8, 4) is 0 Å². The van der Waals surface area contributed by atoms with E-state index in [4.69, 9.17) is 15.2 Å². The van der Waals surface area contributed by atoms with Crippen LogP contribution in [0, 0.1) is 0 Å². The Kier molecular flexibility index (Phi) is 31.7. The van der Waals surface area contributed by atoms with Crippen LogP contribution >= 0.6 is 12.4 Å². The van der Waals surface area contributed by atoms with Gasteiger partial charge in [0.2, 0.25) is 0 Å². The number of hydrogen-bond donors (Lipinski definition) is 1. The van der Waals surface area contributed by atoms with Gasteiger partial charge in [0.05, 0.1) is 19.8 Å². The number of nitrogens with two attached hydrogens (primary N) is 1. The number of unbranched alkanes of at least 4 members (excludes halogenated alkanes) is 11. The lowest BCUT2D eigenvalue weighted by Crippen LogP contribution is -2.46. The molecule has 174 valence electrons. The second-order valence-corrected chi connectivity index (χ2v) is 7.33. The van der Waals surface area contributed by atoms with Gasteiger partial charge >= 0.3 is 0 Å². The standard InChI is InChI=1S/C18H39NO2.C4H10O2.ClH/c1-4-5-6-7-8-9-10-11-12-13-14-15-16-18(19,21-3)17-20-2;1-5-3-4-6-2;/h4-17,19H2,1-3H3;3-4H2,1-2H3;1H. The summed E-state index contributed by atoms with van der Waals surface area (Å²) in [6.45, 7) is 4.13. The molecular weight excluding hydrogens is 378 g/mol. The van der Waals surface area contributed by atoms with Crippen molar-refractivity contribution >= 4 is 12.4 Å². The molecule has 0 rings (SSSR count). The first-order valence-corrected chi connectivity index (χ1v) is 10.9. The Hall–Kier alpha value is 0.0900. The smallest absolute Gasteiger partial charge is 0.139 e. The van der Waals surface area contributed by atoms with Crippen molar-refractivity contribution in [3.63, 3.8) is 0 Å². The minimum absolute atomic E-state index is 0. The Morgan fingerprint density at radius 3 is 1.32 bits per heavy atom. The molecule has 28 heavy (non-hydrogen) atoms. The van der Waals surface area contributed by atoms with Gasteiger partial charge in [0.25, 0.3) is 0 Å². The largest absolute Gasteiger partial charge is 0.382 e. The summed E-state index contributed by atoms with van der Waals surface area (Å²) >= 11 is 0. The first kappa shape index (κ1) is 32.7. The number of hydrogen-bond acceptors (Lipinski definition) is 5. The summed E-state index contributed by atoms with van der Waals surface area (Å²) in [4.78, 5) is 0. The molecular formula is C22H50ClNO4. The monoisotopic (exact) mass is 427 g/mol. The summed E-state index contributed by atoms with van der Waals surface area (Å²) in [5, 5.41) is 0. The quantitative estimate of drug-likeness (QED) is 0.211. The van der Waals surface area contributed by atoms with Crippen LogP contribution in [0.3, 0.4) is 0 Å². The van der Waals surface area contributed by atoms with Gasteiger partial charge in [-0.2, -0.15) is 0 Å². The fourth-order valence-corrected chi connectivity index (χ4v) is 2.91. The molecule has 0 aromatic carbocycles. The molecule has 2 N–H and O–H groups in total. The highest BCUT2D eigenvalue weighted by atomic mass is 35.5. The molecule has 0 aliphatic carbocycles. The molecule has 0 amide bonds. The molecule has 0 aromatic heterocycles. The van der Waals surface area contributed by atoms with Gasteiger partial charge in [0.15, 0.2) is 0 Å².